The largest absolute Gasteiger partial charge is 0.326 e. The number of carbonyl (C=O) groups is 1. The number of urea groups is 1. The first-order valence-corrected chi connectivity index (χ1v) is 12.3. The van der Waals surface area contributed by atoms with Gasteiger partial charge >= 0.3 is 6.03 Å². The van der Waals surface area contributed by atoms with Crippen LogP contribution in [0.2, 0.25) is 4.34 Å². The van der Waals surface area contributed by atoms with Crippen LogP contribution in [0.3, 0.4) is 0 Å². The third kappa shape index (κ3) is 4.16. The topological polar surface area (TPSA) is 41.4 Å². The van der Waals surface area contributed by atoms with E-state index in [-0.39, 0.29) is 6.03 Å². The molecule has 0 aliphatic carbocycles. The van der Waals surface area contributed by atoms with Crippen molar-refractivity contribution < 1.29 is 4.79 Å². The number of halogens is 1. The third-order valence-electron chi connectivity index (χ3n) is 6.11. The summed E-state index contributed by atoms with van der Waals surface area (Å²) >= 11 is 7.96. The van der Waals surface area contributed by atoms with Crippen LogP contribution in [0.1, 0.15) is 23.9 Å². The second kappa shape index (κ2) is 9.04. The van der Waals surface area contributed by atoms with Crippen LogP contribution in [0.25, 0.3) is 34.3 Å². The second-order valence-corrected chi connectivity index (χ2v) is 9.71. The standard InChI is InChI=1S/C26H25ClN4OS/c1-3-31-22-6-4-5-20(21-13-16-33-25(21)27)24(22)28-23(31)12-11-18-7-9-19(10-8-18)17-30-15-14-29(2)26(30)32/h4-13,16H,3,14-15,17H2,1-2H3/b12-11+. The Bertz CT molecular complexity index is 1340. The van der Waals surface area contributed by atoms with Gasteiger partial charge in [0.1, 0.15) is 10.2 Å². The zero-order valence-corrected chi connectivity index (χ0v) is 20.2. The highest BCUT2D eigenvalue weighted by atomic mass is 35.5. The average molecular weight is 477 g/mol. The molecule has 0 atom stereocenters. The first-order valence-electron chi connectivity index (χ1n) is 11.0. The summed E-state index contributed by atoms with van der Waals surface area (Å²) in [5, 5.41) is 2.01. The van der Waals surface area contributed by atoms with Crippen LogP contribution >= 0.6 is 22.9 Å². The summed E-state index contributed by atoms with van der Waals surface area (Å²) in [6, 6.07) is 16.8. The number of imidazole rings is 1. The van der Waals surface area contributed by atoms with Gasteiger partial charge in [-0.05, 0) is 41.6 Å². The van der Waals surface area contributed by atoms with Crippen LogP contribution in [-0.2, 0) is 13.1 Å². The number of aryl methyl sites for hydroxylation is 1. The van der Waals surface area contributed by atoms with E-state index in [1.165, 1.54) is 11.3 Å². The minimum absolute atomic E-state index is 0.0977. The molecule has 7 heteroatoms. The van der Waals surface area contributed by atoms with Crippen LogP contribution in [0.5, 0.6) is 0 Å². The maximum Gasteiger partial charge on any atom is 0.320 e. The van der Waals surface area contributed by atoms with Crippen molar-refractivity contribution >= 4 is 52.2 Å². The van der Waals surface area contributed by atoms with Crippen molar-refractivity contribution in [3.05, 3.63) is 75.2 Å². The van der Waals surface area contributed by atoms with E-state index in [9.17, 15) is 4.79 Å². The van der Waals surface area contributed by atoms with Gasteiger partial charge in [0.05, 0.1) is 11.0 Å². The van der Waals surface area contributed by atoms with Gasteiger partial charge in [-0.1, -0.05) is 54.1 Å². The molecule has 0 saturated carbocycles. The van der Waals surface area contributed by atoms with E-state index in [4.69, 9.17) is 16.6 Å². The van der Waals surface area contributed by atoms with Gasteiger partial charge in [0.15, 0.2) is 0 Å². The molecule has 5 nitrogen and oxygen atoms in total. The summed E-state index contributed by atoms with van der Waals surface area (Å²) < 4.78 is 3.01. The highest BCUT2D eigenvalue weighted by Gasteiger charge is 2.24. The summed E-state index contributed by atoms with van der Waals surface area (Å²) in [5.41, 5.74) is 6.39. The van der Waals surface area contributed by atoms with E-state index in [2.05, 4.69) is 72.2 Å². The molecule has 0 N–H and O–H groups in total. The number of benzene rings is 2. The van der Waals surface area contributed by atoms with Crippen LogP contribution in [-0.4, -0.2) is 45.5 Å². The third-order valence-corrected chi connectivity index (χ3v) is 7.28. The average Bonchev–Trinajstić information content (AvgIpc) is 3.51. The van der Waals surface area contributed by atoms with E-state index >= 15 is 0 Å². The van der Waals surface area contributed by atoms with Gasteiger partial charge in [-0.15, -0.1) is 11.3 Å². The molecule has 0 bridgehead atoms. The molecule has 1 aliphatic heterocycles. The molecule has 2 aromatic carbocycles. The molecule has 2 aromatic heterocycles. The van der Waals surface area contributed by atoms with E-state index in [0.717, 1.165) is 63.1 Å². The Kier molecular flexibility index (Phi) is 5.96. The normalized spacial score (nSPS) is 14.3. The molecule has 168 valence electrons. The zero-order chi connectivity index (χ0) is 22.9. The van der Waals surface area contributed by atoms with Crippen LogP contribution in [0.15, 0.2) is 53.9 Å². The molecule has 1 saturated heterocycles. The molecular formula is C26H25ClN4OS. The minimum atomic E-state index is 0.0977. The van der Waals surface area contributed by atoms with E-state index in [1.807, 2.05) is 17.3 Å². The Labute approximate surface area is 202 Å². The maximum atomic E-state index is 12.1. The Morgan fingerprint density at radius 1 is 1.06 bits per heavy atom. The highest BCUT2D eigenvalue weighted by Crippen LogP contribution is 2.36. The van der Waals surface area contributed by atoms with Crippen LogP contribution in [0, 0.1) is 0 Å². The Balaban J connectivity index is 1.40. The molecule has 4 aromatic rings. The zero-order valence-electron chi connectivity index (χ0n) is 18.7. The number of hydrogen-bond donors (Lipinski definition) is 0. The lowest BCUT2D eigenvalue weighted by atomic mass is 10.1. The van der Waals surface area contributed by atoms with Gasteiger partial charge in [0.25, 0.3) is 0 Å². The van der Waals surface area contributed by atoms with Crippen molar-refractivity contribution in [2.45, 2.75) is 20.0 Å². The predicted molar refractivity (Wildman–Crippen MR) is 138 cm³/mol. The second-order valence-electron chi connectivity index (χ2n) is 8.20. The number of nitrogens with zero attached hydrogens (tertiary/aromatic N) is 4. The fraction of sp³-hybridized carbons (Fsp3) is 0.231. The number of amides is 2. The molecule has 3 heterocycles. The predicted octanol–water partition coefficient (Wildman–Crippen LogP) is 6.48. The quantitative estimate of drug-likeness (QED) is 0.319. The van der Waals surface area contributed by atoms with E-state index in [0.29, 0.717) is 6.54 Å². The number of aromatic nitrogens is 2. The summed E-state index contributed by atoms with van der Waals surface area (Å²) in [6.45, 7) is 5.18. The van der Waals surface area contributed by atoms with Gasteiger partial charge in [-0.25, -0.2) is 9.78 Å². The van der Waals surface area contributed by atoms with Crippen LogP contribution < -0.4 is 0 Å². The summed E-state index contributed by atoms with van der Waals surface area (Å²) in [7, 11) is 1.85. The van der Waals surface area contributed by atoms with Crippen molar-refractivity contribution in [2.75, 3.05) is 20.1 Å². The molecule has 1 aliphatic rings. The Morgan fingerprint density at radius 2 is 1.88 bits per heavy atom. The first-order chi connectivity index (χ1) is 16.0. The highest BCUT2D eigenvalue weighted by molar-refractivity contribution is 7.15. The SMILES string of the molecule is CCn1c(/C=C/c2ccc(CN3CCN(C)C3=O)cc2)nc2c(-c3ccsc3Cl)cccc21. The van der Waals surface area contributed by atoms with Crippen molar-refractivity contribution in [2.24, 2.45) is 0 Å². The van der Waals surface area contributed by atoms with Gasteiger partial charge in [0, 0.05) is 44.4 Å². The van der Waals surface area contributed by atoms with Crippen molar-refractivity contribution in [1.29, 1.82) is 0 Å². The molecule has 0 spiro atoms. The van der Waals surface area contributed by atoms with Gasteiger partial charge < -0.3 is 14.4 Å². The van der Waals surface area contributed by atoms with Gasteiger partial charge in [-0.3, -0.25) is 0 Å². The molecule has 33 heavy (non-hydrogen) atoms. The number of rotatable bonds is 6. The lowest BCUT2D eigenvalue weighted by Crippen LogP contribution is -2.28. The maximum absolute atomic E-state index is 12.1. The number of para-hydroxylation sites is 1. The summed E-state index contributed by atoms with van der Waals surface area (Å²) in [5.74, 6) is 0.918. The van der Waals surface area contributed by atoms with Crippen molar-refractivity contribution in [3.63, 3.8) is 0 Å². The lowest BCUT2D eigenvalue weighted by molar-refractivity contribution is 0.197. The Morgan fingerprint density at radius 3 is 2.55 bits per heavy atom. The van der Waals surface area contributed by atoms with Gasteiger partial charge in [-0.2, -0.15) is 0 Å². The first kappa shape index (κ1) is 21.7. The lowest BCUT2D eigenvalue weighted by Gasteiger charge is -2.15. The number of likely N-dealkylation sites (N-methyl/N-ethyl adjacent to an activating group) is 1. The fourth-order valence-corrected chi connectivity index (χ4v) is 5.25. The van der Waals surface area contributed by atoms with E-state index < -0.39 is 0 Å². The number of thiophene rings is 1. The van der Waals surface area contributed by atoms with Crippen molar-refractivity contribution in [1.82, 2.24) is 19.4 Å². The number of hydrogen-bond acceptors (Lipinski definition) is 3. The monoisotopic (exact) mass is 476 g/mol. The molecule has 0 radical (unpaired) electrons. The number of fused-ring (bicyclic) bond motifs is 1. The fourth-order valence-electron chi connectivity index (χ4n) is 4.30. The number of carbonyl (C=O) groups excluding carboxylic acids is 1. The summed E-state index contributed by atoms with van der Waals surface area (Å²) in [4.78, 5) is 20.7. The van der Waals surface area contributed by atoms with Gasteiger partial charge in [0.2, 0.25) is 0 Å². The molecule has 0 unspecified atom stereocenters. The Hall–Kier alpha value is -3.09. The van der Waals surface area contributed by atoms with Crippen molar-refractivity contribution in [3.8, 4) is 11.1 Å². The van der Waals surface area contributed by atoms with E-state index in [1.54, 1.807) is 4.90 Å². The van der Waals surface area contributed by atoms with Crippen LogP contribution in [0.4, 0.5) is 4.79 Å². The molecule has 1 fully saturated rings. The minimum Gasteiger partial charge on any atom is -0.326 e. The smallest absolute Gasteiger partial charge is 0.320 e. The molecule has 5 rings (SSSR count). The molecular weight excluding hydrogens is 452 g/mol. The summed E-state index contributed by atoms with van der Waals surface area (Å²) in [6.07, 6.45) is 4.15. The molecule has 2 amide bonds.